The molecule has 25 heavy (non-hydrogen) atoms. The summed E-state index contributed by atoms with van der Waals surface area (Å²) < 4.78 is 27.5. The molecule has 0 spiro atoms. The van der Waals surface area contributed by atoms with E-state index in [2.05, 4.69) is 25.2 Å². The summed E-state index contributed by atoms with van der Waals surface area (Å²) in [5.74, 6) is 0.246. The maximum absolute atomic E-state index is 12.5. The Hall–Kier alpha value is -2.87. The van der Waals surface area contributed by atoms with Crippen LogP contribution in [0.15, 0.2) is 47.5 Å². The third-order valence-corrected chi connectivity index (χ3v) is 5.37. The number of aromatic amines is 1. The van der Waals surface area contributed by atoms with E-state index in [0.29, 0.717) is 11.4 Å². The molecule has 3 aromatic rings. The minimum atomic E-state index is -3.74. The van der Waals surface area contributed by atoms with Gasteiger partial charge in [0.05, 0.1) is 23.3 Å². The van der Waals surface area contributed by atoms with Gasteiger partial charge in [-0.05, 0) is 44.5 Å². The van der Waals surface area contributed by atoms with Crippen LogP contribution in [0.2, 0.25) is 0 Å². The number of hydrogen-bond acceptors (Lipinski definition) is 5. The van der Waals surface area contributed by atoms with Crippen molar-refractivity contribution in [3.05, 3.63) is 59.5 Å². The standard InChI is InChI=1S/C17H19N5O2S/c1-11-6-4-5-7-15(11)19-14-8-9-16(18-10-14)22-25(23,24)17-12(2)20-21-13(17)3/h4-10,19H,1-3H3,(H,18,22)(H,20,21). The lowest BCUT2D eigenvalue weighted by atomic mass is 10.2. The fraction of sp³-hybridized carbons (Fsp3) is 0.176. The maximum Gasteiger partial charge on any atom is 0.266 e. The van der Waals surface area contributed by atoms with Crippen molar-refractivity contribution in [1.82, 2.24) is 15.2 Å². The van der Waals surface area contributed by atoms with Gasteiger partial charge in [0, 0.05) is 5.69 Å². The van der Waals surface area contributed by atoms with Crippen molar-refractivity contribution in [1.29, 1.82) is 0 Å². The lowest BCUT2D eigenvalue weighted by Crippen LogP contribution is -2.15. The van der Waals surface area contributed by atoms with Crippen molar-refractivity contribution in [2.24, 2.45) is 0 Å². The van der Waals surface area contributed by atoms with Crippen LogP contribution >= 0.6 is 0 Å². The molecule has 2 aromatic heterocycles. The van der Waals surface area contributed by atoms with Crippen molar-refractivity contribution in [3.63, 3.8) is 0 Å². The predicted octanol–water partition coefficient (Wildman–Crippen LogP) is 3.27. The number of nitrogens with one attached hydrogen (secondary N) is 3. The minimum absolute atomic E-state index is 0.149. The van der Waals surface area contributed by atoms with Crippen molar-refractivity contribution in [2.75, 3.05) is 10.0 Å². The summed E-state index contributed by atoms with van der Waals surface area (Å²) in [5.41, 5.74) is 3.76. The topological polar surface area (TPSA) is 99.8 Å². The molecule has 0 saturated heterocycles. The number of nitrogens with zero attached hydrogens (tertiary/aromatic N) is 2. The Balaban J connectivity index is 1.78. The van der Waals surface area contributed by atoms with Crippen LogP contribution in [0.1, 0.15) is 17.0 Å². The van der Waals surface area contributed by atoms with Gasteiger partial charge in [-0.3, -0.25) is 9.82 Å². The zero-order chi connectivity index (χ0) is 18.0. The van der Waals surface area contributed by atoms with Crippen molar-refractivity contribution in [2.45, 2.75) is 25.7 Å². The zero-order valence-electron chi connectivity index (χ0n) is 14.2. The number of aromatic nitrogens is 3. The molecule has 0 fully saturated rings. The number of aryl methyl sites for hydroxylation is 3. The highest BCUT2D eigenvalue weighted by Gasteiger charge is 2.22. The van der Waals surface area contributed by atoms with Crippen molar-refractivity contribution < 1.29 is 8.42 Å². The van der Waals surface area contributed by atoms with E-state index < -0.39 is 10.0 Å². The maximum atomic E-state index is 12.5. The molecule has 0 bridgehead atoms. The lowest BCUT2D eigenvalue weighted by Gasteiger charge is -2.11. The summed E-state index contributed by atoms with van der Waals surface area (Å²) in [6.45, 7) is 5.31. The number of rotatable bonds is 5. The smallest absolute Gasteiger partial charge is 0.266 e. The van der Waals surface area contributed by atoms with Crippen LogP contribution in [-0.2, 0) is 10.0 Å². The van der Waals surface area contributed by atoms with Crippen LogP contribution in [-0.4, -0.2) is 23.6 Å². The van der Waals surface area contributed by atoms with E-state index in [0.717, 1.165) is 16.9 Å². The second-order valence-electron chi connectivity index (χ2n) is 5.74. The Labute approximate surface area is 146 Å². The fourth-order valence-electron chi connectivity index (χ4n) is 2.52. The molecule has 7 nitrogen and oxygen atoms in total. The molecule has 1 aromatic carbocycles. The third-order valence-electron chi connectivity index (χ3n) is 3.76. The molecule has 0 aliphatic carbocycles. The Morgan fingerprint density at radius 1 is 1.04 bits per heavy atom. The highest BCUT2D eigenvalue weighted by molar-refractivity contribution is 7.92. The zero-order valence-corrected chi connectivity index (χ0v) is 15.0. The van der Waals surface area contributed by atoms with Crippen LogP contribution in [0, 0.1) is 20.8 Å². The fourth-order valence-corrected chi connectivity index (χ4v) is 3.90. The molecule has 3 rings (SSSR count). The molecule has 0 radical (unpaired) electrons. The molecule has 2 heterocycles. The van der Waals surface area contributed by atoms with Gasteiger partial charge in [-0.2, -0.15) is 5.10 Å². The number of hydrogen-bond donors (Lipinski definition) is 3. The van der Waals surface area contributed by atoms with E-state index in [1.807, 2.05) is 31.2 Å². The molecule has 3 N–H and O–H groups in total. The first-order valence-corrected chi connectivity index (χ1v) is 9.18. The monoisotopic (exact) mass is 357 g/mol. The molecule has 0 unspecified atom stereocenters. The number of benzene rings is 1. The minimum Gasteiger partial charge on any atom is -0.354 e. The summed E-state index contributed by atoms with van der Waals surface area (Å²) in [6, 6.07) is 11.3. The van der Waals surface area contributed by atoms with E-state index in [4.69, 9.17) is 0 Å². The van der Waals surface area contributed by atoms with Gasteiger partial charge < -0.3 is 5.32 Å². The predicted molar refractivity (Wildman–Crippen MR) is 97.6 cm³/mol. The summed E-state index contributed by atoms with van der Waals surface area (Å²) in [6.07, 6.45) is 1.58. The van der Waals surface area contributed by atoms with Crippen LogP contribution < -0.4 is 10.0 Å². The van der Waals surface area contributed by atoms with Crippen molar-refractivity contribution >= 4 is 27.2 Å². The molecular formula is C17H19N5O2S. The highest BCUT2D eigenvalue weighted by Crippen LogP contribution is 2.22. The summed E-state index contributed by atoms with van der Waals surface area (Å²) >= 11 is 0. The molecule has 130 valence electrons. The number of para-hydroxylation sites is 1. The van der Waals surface area contributed by atoms with E-state index in [1.54, 1.807) is 32.2 Å². The van der Waals surface area contributed by atoms with Crippen molar-refractivity contribution in [3.8, 4) is 0 Å². The first-order chi connectivity index (χ1) is 11.9. The third kappa shape index (κ3) is 3.63. The van der Waals surface area contributed by atoms with E-state index in [-0.39, 0.29) is 10.7 Å². The normalized spacial score (nSPS) is 11.3. The van der Waals surface area contributed by atoms with Gasteiger partial charge in [0.15, 0.2) is 0 Å². The SMILES string of the molecule is Cc1ccccc1Nc1ccc(NS(=O)(=O)c2c(C)n[nH]c2C)nc1. The average Bonchev–Trinajstić information content (AvgIpc) is 2.91. The van der Waals surface area contributed by atoms with Gasteiger partial charge in [-0.15, -0.1) is 0 Å². The molecule has 0 saturated carbocycles. The Morgan fingerprint density at radius 2 is 1.80 bits per heavy atom. The van der Waals surface area contributed by atoms with E-state index in [1.165, 1.54) is 0 Å². The molecule has 8 heteroatoms. The van der Waals surface area contributed by atoms with E-state index >= 15 is 0 Å². The van der Waals surface area contributed by atoms with Crippen LogP contribution in [0.3, 0.4) is 0 Å². The van der Waals surface area contributed by atoms with Gasteiger partial charge in [0.2, 0.25) is 0 Å². The number of pyridine rings is 1. The molecule has 0 atom stereocenters. The number of sulfonamides is 1. The van der Waals surface area contributed by atoms with Gasteiger partial charge in [-0.1, -0.05) is 18.2 Å². The highest BCUT2D eigenvalue weighted by atomic mass is 32.2. The van der Waals surface area contributed by atoms with Gasteiger partial charge >= 0.3 is 0 Å². The van der Waals surface area contributed by atoms with Gasteiger partial charge in [0.25, 0.3) is 10.0 Å². The molecule has 0 aliphatic rings. The summed E-state index contributed by atoms with van der Waals surface area (Å²) in [5, 5.41) is 9.84. The molecular weight excluding hydrogens is 338 g/mol. The Kier molecular flexibility index (Phi) is 4.45. The quantitative estimate of drug-likeness (QED) is 0.651. The summed E-state index contributed by atoms with van der Waals surface area (Å²) in [4.78, 5) is 4.32. The first kappa shape index (κ1) is 17.0. The Bertz CT molecular complexity index is 975. The first-order valence-electron chi connectivity index (χ1n) is 7.70. The largest absolute Gasteiger partial charge is 0.354 e. The van der Waals surface area contributed by atoms with Gasteiger partial charge in [-0.25, -0.2) is 13.4 Å². The average molecular weight is 357 g/mol. The lowest BCUT2D eigenvalue weighted by molar-refractivity contribution is 0.600. The van der Waals surface area contributed by atoms with Crippen LogP contribution in [0.5, 0.6) is 0 Å². The van der Waals surface area contributed by atoms with Crippen LogP contribution in [0.4, 0.5) is 17.2 Å². The molecule has 0 amide bonds. The second-order valence-corrected chi connectivity index (χ2v) is 7.36. The summed E-state index contributed by atoms with van der Waals surface area (Å²) in [7, 11) is -3.74. The van der Waals surface area contributed by atoms with E-state index in [9.17, 15) is 8.42 Å². The second kappa shape index (κ2) is 6.56. The number of anilines is 3. The Morgan fingerprint density at radius 3 is 2.40 bits per heavy atom. The number of H-pyrrole nitrogens is 1. The van der Waals surface area contributed by atoms with Crippen LogP contribution in [0.25, 0.3) is 0 Å². The van der Waals surface area contributed by atoms with Gasteiger partial charge in [0.1, 0.15) is 10.7 Å². The molecule has 0 aliphatic heterocycles.